The van der Waals surface area contributed by atoms with Crippen LogP contribution in [0.3, 0.4) is 0 Å². The summed E-state index contributed by atoms with van der Waals surface area (Å²) >= 11 is 0. The summed E-state index contributed by atoms with van der Waals surface area (Å²) in [6.07, 6.45) is 0. The van der Waals surface area contributed by atoms with Crippen molar-refractivity contribution in [3.8, 4) is 0 Å². The van der Waals surface area contributed by atoms with Crippen LogP contribution in [0.2, 0.25) is 0 Å². The molecule has 0 bridgehead atoms. The smallest absolute Gasteiger partial charge is 0.266 e. The molecule has 1 rings (SSSR count). The molecule has 0 aliphatic rings. The maximum Gasteiger partial charge on any atom is 0.390 e. The van der Waals surface area contributed by atoms with Gasteiger partial charge in [0.05, 0.1) is 0 Å². The van der Waals surface area contributed by atoms with E-state index in [9.17, 15) is 27.3 Å². The van der Waals surface area contributed by atoms with Crippen molar-refractivity contribution in [1.82, 2.24) is 9.58 Å². The monoisotopic (exact) mass is 198 g/mol. The van der Waals surface area contributed by atoms with E-state index in [1.54, 1.807) is 0 Å². The van der Waals surface area contributed by atoms with Gasteiger partial charge < -0.3 is 0 Å². The normalized spacial score (nSPS) is 10.5. The van der Waals surface area contributed by atoms with Crippen LogP contribution in [0.25, 0.3) is 0 Å². The molecule has 0 fully saturated rings. The average molecular weight is 198 g/mol. The minimum Gasteiger partial charge on any atom is -0.266 e. The lowest BCUT2D eigenvalue weighted by atomic mass is 10.3. The molecule has 1 heterocycles. The average Bonchev–Trinajstić information content (AvgIpc) is 2.13. The Labute approximate surface area is 67.5 Å². The summed E-state index contributed by atoms with van der Waals surface area (Å²) < 4.78 is 48.9. The van der Waals surface area contributed by atoms with Crippen molar-refractivity contribution >= 4 is 0 Å². The molecule has 0 amide bonds. The number of halogens is 4. The van der Waals surface area contributed by atoms with E-state index < -0.39 is 39.0 Å². The highest BCUT2D eigenvalue weighted by Gasteiger charge is 2.18. The first-order valence-corrected chi connectivity index (χ1v) is 2.95. The van der Waals surface area contributed by atoms with E-state index in [2.05, 4.69) is 0 Å². The van der Waals surface area contributed by atoms with Crippen LogP contribution in [0.4, 0.5) is 17.7 Å². The van der Waals surface area contributed by atoms with Crippen molar-refractivity contribution in [3.05, 3.63) is 32.3 Å². The van der Waals surface area contributed by atoms with Crippen LogP contribution in [0.1, 0.15) is 5.56 Å². The molecule has 0 aliphatic carbocycles. The minimum atomic E-state index is -2.14. The highest BCUT2D eigenvalue weighted by Crippen LogP contribution is 2.00. The van der Waals surface area contributed by atoms with Crippen LogP contribution in [-0.4, -0.2) is 9.58 Å². The maximum atomic E-state index is 12.5. The third-order valence-corrected chi connectivity index (χ3v) is 1.33. The fraction of sp³-hybridized carbons (Fsp3) is 0.200. The molecule has 0 atom stereocenters. The predicted molar refractivity (Wildman–Crippen MR) is 32.7 cm³/mol. The number of hydrogen-bond donors (Lipinski definition) is 0. The van der Waals surface area contributed by atoms with Crippen LogP contribution in [0, 0.1) is 5.95 Å². The van der Waals surface area contributed by atoms with Gasteiger partial charge in [0.25, 0.3) is 5.56 Å². The molecule has 0 N–H and O–H groups in total. The van der Waals surface area contributed by atoms with Gasteiger partial charge in [0.15, 0.2) is 0 Å². The Morgan fingerprint density at radius 1 is 1.15 bits per heavy atom. The first-order chi connectivity index (χ1) is 6.00. The molecule has 0 unspecified atom stereocenters. The summed E-state index contributed by atoms with van der Waals surface area (Å²) in [5, 5.41) is 0. The molecule has 0 spiro atoms. The fourth-order valence-corrected chi connectivity index (χ4v) is 0.685. The van der Waals surface area contributed by atoms with Crippen LogP contribution in [0.5, 0.6) is 0 Å². The van der Waals surface area contributed by atoms with Crippen molar-refractivity contribution in [2.45, 2.75) is 6.67 Å². The van der Waals surface area contributed by atoms with Crippen molar-refractivity contribution in [3.63, 3.8) is 0 Å². The number of rotatable bonds is 1. The van der Waals surface area contributed by atoms with Crippen LogP contribution >= 0.6 is 0 Å². The summed E-state index contributed by atoms with van der Waals surface area (Å²) in [5.41, 5.74) is -5.34. The zero-order valence-corrected chi connectivity index (χ0v) is 5.93. The maximum absolute atomic E-state index is 12.5. The third-order valence-electron chi connectivity index (χ3n) is 1.33. The molecule has 1 aromatic heterocycles. The predicted octanol–water partition coefficient (Wildman–Crippen LogP) is 0.0838. The standard InChI is InChI=1S/C5H2F4N2O2/c6-1-2-3(7)10(8)5(13)11(9)4(2)12/h1H2. The Kier molecular flexibility index (Phi) is 2.22. The van der Waals surface area contributed by atoms with Gasteiger partial charge in [-0.3, -0.25) is 4.79 Å². The second-order valence-corrected chi connectivity index (χ2v) is 2.05. The molecular weight excluding hydrogens is 196 g/mol. The molecule has 0 radical (unpaired) electrons. The van der Waals surface area contributed by atoms with Gasteiger partial charge in [0.2, 0.25) is 5.95 Å². The number of alkyl halides is 1. The van der Waals surface area contributed by atoms with E-state index in [1.807, 2.05) is 0 Å². The first kappa shape index (κ1) is 9.49. The van der Waals surface area contributed by atoms with Gasteiger partial charge in [-0.25, -0.2) is 9.18 Å². The van der Waals surface area contributed by atoms with Gasteiger partial charge >= 0.3 is 5.69 Å². The Bertz CT molecular complexity index is 449. The Morgan fingerprint density at radius 3 is 2.15 bits per heavy atom. The molecule has 0 aliphatic heterocycles. The summed E-state index contributed by atoms with van der Waals surface area (Å²) in [5.74, 6) is -2.02. The summed E-state index contributed by atoms with van der Waals surface area (Å²) in [6, 6.07) is 0. The van der Waals surface area contributed by atoms with Crippen LogP contribution < -0.4 is 11.2 Å². The molecular formula is C5H2F4N2O2. The lowest BCUT2D eigenvalue weighted by molar-refractivity contribution is 0.211. The van der Waals surface area contributed by atoms with E-state index in [1.165, 1.54) is 0 Å². The summed E-state index contributed by atoms with van der Waals surface area (Å²) in [7, 11) is 0. The van der Waals surface area contributed by atoms with E-state index in [4.69, 9.17) is 0 Å². The highest BCUT2D eigenvalue weighted by molar-refractivity contribution is 5.05. The highest BCUT2D eigenvalue weighted by atomic mass is 19.2. The fourth-order valence-electron chi connectivity index (χ4n) is 0.685. The van der Waals surface area contributed by atoms with Gasteiger partial charge in [0, 0.05) is 0 Å². The van der Waals surface area contributed by atoms with E-state index >= 15 is 0 Å². The molecule has 1 aromatic rings. The quantitative estimate of drug-likeness (QED) is 0.474. The molecule has 0 saturated carbocycles. The first-order valence-electron chi connectivity index (χ1n) is 2.95. The lowest BCUT2D eigenvalue weighted by Gasteiger charge is -1.99. The molecule has 0 saturated heterocycles. The van der Waals surface area contributed by atoms with Crippen LogP contribution in [-0.2, 0) is 6.67 Å². The van der Waals surface area contributed by atoms with Gasteiger partial charge in [-0.1, -0.05) is 18.5 Å². The Morgan fingerprint density at radius 2 is 1.69 bits per heavy atom. The summed E-state index contributed by atoms with van der Waals surface area (Å²) in [6.45, 7) is -1.70. The zero-order chi connectivity index (χ0) is 10.2. The minimum absolute atomic E-state index is 1.21. The molecule has 0 aromatic carbocycles. The Balaban J connectivity index is 3.78. The number of hydrogen-bond acceptors (Lipinski definition) is 2. The second-order valence-electron chi connectivity index (χ2n) is 2.05. The van der Waals surface area contributed by atoms with Crippen molar-refractivity contribution in [2.75, 3.05) is 0 Å². The van der Waals surface area contributed by atoms with Gasteiger partial charge in [-0.15, -0.1) is 0 Å². The van der Waals surface area contributed by atoms with Crippen molar-refractivity contribution in [2.24, 2.45) is 0 Å². The van der Waals surface area contributed by atoms with Crippen molar-refractivity contribution < 1.29 is 17.7 Å². The van der Waals surface area contributed by atoms with Gasteiger partial charge in [0.1, 0.15) is 12.2 Å². The van der Waals surface area contributed by atoms with E-state index in [0.29, 0.717) is 0 Å². The zero-order valence-electron chi connectivity index (χ0n) is 5.93. The SMILES string of the molecule is O=c1c(CF)c(F)n(F)c(=O)n1F. The number of aromatic nitrogens is 2. The van der Waals surface area contributed by atoms with Gasteiger partial charge in [-0.05, 0) is 0 Å². The third kappa shape index (κ3) is 1.23. The molecule has 4 nitrogen and oxygen atoms in total. The van der Waals surface area contributed by atoms with E-state index in [-0.39, 0.29) is 0 Å². The lowest BCUT2D eigenvalue weighted by Crippen LogP contribution is -2.37. The molecule has 13 heavy (non-hydrogen) atoms. The molecule has 8 heteroatoms. The van der Waals surface area contributed by atoms with Crippen LogP contribution in [0.15, 0.2) is 9.59 Å². The van der Waals surface area contributed by atoms with Gasteiger partial charge in [-0.2, -0.15) is 4.39 Å². The van der Waals surface area contributed by atoms with Crippen molar-refractivity contribution in [1.29, 1.82) is 0 Å². The topological polar surface area (TPSA) is 44.0 Å². The Hall–Kier alpha value is -1.60. The van der Waals surface area contributed by atoms with E-state index in [0.717, 1.165) is 0 Å². The largest absolute Gasteiger partial charge is 0.390 e. The molecule has 72 valence electrons. The number of nitrogens with zero attached hydrogens (tertiary/aromatic N) is 2. The second kappa shape index (κ2) is 3.04. The summed E-state index contributed by atoms with van der Waals surface area (Å²) in [4.78, 5) is 18.3.